The highest BCUT2D eigenvalue weighted by Gasteiger charge is 2.38. The molecule has 34 heavy (non-hydrogen) atoms. The Labute approximate surface area is 203 Å². The smallest absolute Gasteiger partial charge is 0.159 e. The summed E-state index contributed by atoms with van der Waals surface area (Å²) >= 11 is 0. The van der Waals surface area contributed by atoms with Gasteiger partial charge in [-0.1, -0.05) is 91.5 Å². The van der Waals surface area contributed by atoms with Crippen LogP contribution in [0, 0.1) is 0 Å². The first kappa shape index (κ1) is 24.7. The Morgan fingerprint density at radius 1 is 0.912 bits per heavy atom. The summed E-state index contributed by atoms with van der Waals surface area (Å²) in [6.45, 7) is 12.4. The van der Waals surface area contributed by atoms with Crippen LogP contribution in [-0.4, -0.2) is 38.6 Å². The van der Waals surface area contributed by atoms with E-state index in [4.69, 9.17) is 0 Å². The summed E-state index contributed by atoms with van der Waals surface area (Å²) in [5, 5.41) is 11.2. The van der Waals surface area contributed by atoms with Crippen LogP contribution in [0.1, 0.15) is 28.8 Å². The highest BCUT2D eigenvalue weighted by atomic mass is 15.4. The molecule has 0 amide bonds. The van der Waals surface area contributed by atoms with E-state index >= 15 is 0 Å². The Balaban J connectivity index is 0.00000103. The van der Waals surface area contributed by atoms with Gasteiger partial charge in [-0.3, -0.25) is 0 Å². The molecule has 5 heteroatoms. The maximum atomic E-state index is 4.55. The van der Waals surface area contributed by atoms with Crippen LogP contribution in [0.15, 0.2) is 114 Å². The lowest BCUT2D eigenvalue weighted by atomic mass is 9.96. The Hall–Kier alpha value is -3.96. The Morgan fingerprint density at radius 2 is 1.47 bits per heavy atom. The number of amidine groups is 1. The minimum Gasteiger partial charge on any atom is -0.347 e. The number of benzene rings is 3. The molecule has 0 saturated carbocycles. The topological polar surface area (TPSA) is 43.2 Å². The van der Waals surface area contributed by atoms with Crippen molar-refractivity contribution in [3.05, 3.63) is 121 Å². The van der Waals surface area contributed by atoms with Gasteiger partial charge < -0.3 is 15.1 Å². The molecular formula is C29H33N5. The number of rotatable bonds is 5. The zero-order chi connectivity index (χ0) is 24.5. The number of nitrogens with one attached hydrogen (secondary N) is 1. The third-order valence-corrected chi connectivity index (χ3v) is 5.71. The van der Waals surface area contributed by atoms with Gasteiger partial charge in [-0.25, -0.2) is 0 Å². The molecule has 0 saturated heterocycles. The van der Waals surface area contributed by atoms with Gasteiger partial charge in [0, 0.05) is 25.0 Å². The van der Waals surface area contributed by atoms with Crippen LogP contribution >= 0.6 is 0 Å². The molecule has 3 aromatic rings. The lowest BCUT2D eigenvalue weighted by molar-refractivity contribution is 0.312. The monoisotopic (exact) mass is 451 g/mol. The van der Waals surface area contributed by atoms with Crippen LogP contribution in [0.2, 0.25) is 0 Å². The minimum absolute atomic E-state index is 0.117. The second kappa shape index (κ2) is 11.8. The highest BCUT2D eigenvalue weighted by Crippen LogP contribution is 2.44. The molecule has 0 radical (unpaired) electrons. The maximum Gasteiger partial charge on any atom is 0.159 e. The molecule has 0 aliphatic carbocycles. The van der Waals surface area contributed by atoms with E-state index in [9.17, 15) is 0 Å². The van der Waals surface area contributed by atoms with Crippen molar-refractivity contribution in [1.82, 2.24) is 10.2 Å². The van der Waals surface area contributed by atoms with Gasteiger partial charge in [0.05, 0.1) is 11.7 Å². The van der Waals surface area contributed by atoms with E-state index in [0.29, 0.717) is 0 Å². The van der Waals surface area contributed by atoms with E-state index in [1.54, 1.807) is 0 Å². The van der Waals surface area contributed by atoms with E-state index in [1.165, 1.54) is 0 Å². The highest BCUT2D eigenvalue weighted by molar-refractivity contribution is 6.06. The third kappa shape index (κ3) is 5.00. The van der Waals surface area contributed by atoms with E-state index in [0.717, 1.165) is 33.9 Å². The summed E-state index contributed by atoms with van der Waals surface area (Å²) < 4.78 is 0. The zero-order valence-corrected chi connectivity index (χ0v) is 20.2. The molecule has 0 bridgehead atoms. The zero-order valence-electron chi connectivity index (χ0n) is 20.2. The minimum atomic E-state index is -0.236. The van der Waals surface area contributed by atoms with Crippen molar-refractivity contribution in [2.75, 3.05) is 26.0 Å². The number of nitrogens with zero attached hydrogens (tertiary/aromatic N) is 4. The molecule has 0 fully saturated rings. The van der Waals surface area contributed by atoms with Gasteiger partial charge in [-0.15, -0.1) is 11.7 Å². The van der Waals surface area contributed by atoms with Gasteiger partial charge in [-0.2, -0.15) is 5.10 Å². The van der Waals surface area contributed by atoms with Crippen LogP contribution in [0.4, 0.5) is 5.69 Å². The summed E-state index contributed by atoms with van der Waals surface area (Å²) in [6.07, 6.45) is 1.96. The molecule has 1 aliphatic rings. The first-order chi connectivity index (χ1) is 16.6. The number of para-hydroxylation sites is 1. The second-order valence-corrected chi connectivity index (χ2v) is 7.93. The number of anilines is 1. The Bertz CT molecular complexity index is 1140. The molecule has 1 aliphatic heterocycles. The molecule has 174 valence electrons. The van der Waals surface area contributed by atoms with Crippen molar-refractivity contribution in [2.45, 2.75) is 12.1 Å². The number of likely N-dealkylation sites (N-methyl/N-ethyl adjacent to an activating group) is 1. The third-order valence-electron chi connectivity index (χ3n) is 5.71. The average molecular weight is 452 g/mol. The van der Waals surface area contributed by atoms with Crippen LogP contribution in [-0.2, 0) is 0 Å². The van der Waals surface area contributed by atoms with Crippen molar-refractivity contribution in [3.63, 3.8) is 0 Å². The van der Waals surface area contributed by atoms with Crippen molar-refractivity contribution in [1.29, 1.82) is 0 Å². The van der Waals surface area contributed by atoms with E-state index < -0.39 is 0 Å². The lowest BCUT2D eigenvalue weighted by Crippen LogP contribution is -2.39. The fourth-order valence-corrected chi connectivity index (χ4v) is 4.26. The summed E-state index contributed by atoms with van der Waals surface area (Å²) in [5.41, 5.74) is 5.19. The quantitative estimate of drug-likeness (QED) is 0.297. The van der Waals surface area contributed by atoms with E-state index in [2.05, 4.69) is 81.6 Å². The van der Waals surface area contributed by atoms with Crippen LogP contribution in [0.25, 0.3) is 5.70 Å². The predicted molar refractivity (Wildman–Crippen MR) is 146 cm³/mol. The summed E-state index contributed by atoms with van der Waals surface area (Å²) in [7, 11) is 5.76. The van der Waals surface area contributed by atoms with E-state index in [1.807, 2.05) is 75.7 Å². The molecule has 3 aromatic carbocycles. The number of hydrogen-bond donors (Lipinski definition) is 1. The first-order valence-electron chi connectivity index (χ1n) is 11.2. The molecule has 5 nitrogen and oxygen atoms in total. The summed E-state index contributed by atoms with van der Waals surface area (Å²) in [5.74, 6) is 0.773. The van der Waals surface area contributed by atoms with Crippen LogP contribution < -0.4 is 10.2 Å². The standard InChI is InChI=1S/C27H26N4.C2H7N/c1-5-24(21-14-8-6-9-15-21)31-20(2)23-18-12-13-19-25(23)30(4)27(29-28-3)26(31)22-16-10-7-11-17-22;1-3-2/h5-19,24,26H,1-3H2,4H3;3H,1-2H3/b29-27-;. The van der Waals surface area contributed by atoms with Gasteiger partial charge >= 0.3 is 0 Å². The number of fused-ring (bicyclic) bond motifs is 1. The van der Waals surface area contributed by atoms with Crippen molar-refractivity contribution in [2.24, 2.45) is 10.2 Å². The molecule has 1 N–H and O–H groups in total. The predicted octanol–water partition coefficient (Wildman–Crippen LogP) is 5.93. The van der Waals surface area contributed by atoms with Gasteiger partial charge in [0.25, 0.3) is 0 Å². The second-order valence-electron chi connectivity index (χ2n) is 7.93. The Kier molecular flexibility index (Phi) is 8.54. The molecule has 0 spiro atoms. The summed E-state index contributed by atoms with van der Waals surface area (Å²) in [4.78, 5) is 4.36. The molecular weight excluding hydrogens is 418 g/mol. The van der Waals surface area contributed by atoms with Crippen molar-refractivity contribution >= 4 is 23.9 Å². The summed E-state index contributed by atoms with van der Waals surface area (Å²) in [6, 6.07) is 28.5. The van der Waals surface area contributed by atoms with Gasteiger partial charge in [0.15, 0.2) is 5.84 Å². The molecule has 4 rings (SSSR count). The first-order valence-corrected chi connectivity index (χ1v) is 11.2. The van der Waals surface area contributed by atoms with Crippen LogP contribution in [0.3, 0.4) is 0 Å². The fourth-order valence-electron chi connectivity index (χ4n) is 4.26. The normalized spacial score (nSPS) is 17.2. The van der Waals surface area contributed by atoms with Crippen molar-refractivity contribution < 1.29 is 0 Å². The molecule has 2 atom stereocenters. The number of hydrogen-bond acceptors (Lipinski definition) is 4. The average Bonchev–Trinajstić information content (AvgIpc) is 2.96. The molecule has 2 unspecified atom stereocenters. The van der Waals surface area contributed by atoms with Gasteiger partial charge in [0.1, 0.15) is 6.04 Å². The molecule has 1 heterocycles. The molecule has 0 aromatic heterocycles. The van der Waals surface area contributed by atoms with Crippen LogP contribution in [0.5, 0.6) is 0 Å². The maximum absolute atomic E-state index is 4.55. The lowest BCUT2D eigenvalue weighted by Gasteiger charge is -2.39. The van der Waals surface area contributed by atoms with E-state index in [-0.39, 0.29) is 12.1 Å². The largest absolute Gasteiger partial charge is 0.347 e. The van der Waals surface area contributed by atoms with Gasteiger partial charge in [-0.05, 0) is 31.3 Å². The Morgan fingerprint density at radius 3 is 2.06 bits per heavy atom. The van der Waals surface area contributed by atoms with Gasteiger partial charge in [0.2, 0.25) is 0 Å². The SMILES string of the molecule is C=CC(c1ccccc1)N1C(=C)c2ccccc2N(C)/C(=N\N=C)C1c1ccccc1.CNC. The fraction of sp³-hybridized carbons (Fsp3) is 0.172. The van der Waals surface area contributed by atoms with Crippen molar-refractivity contribution in [3.8, 4) is 0 Å².